The Bertz CT molecular complexity index is 1000. The van der Waals surface area contributed by atoms with Gasteiger partial charge in [-0.2, -0.15) is 0 Å². The summed E-state index contributed by atoms with van der Waals surface area (Å²) in [6.45, 7) is 8.06. The maximum absolute atomic E-state index is 13.0. The van der Waals surface area contributed by atoms with Gasteiger partial charge in [-0.25, -0.2) is 9.78 Å². The highest BCUT2D eigenvalue weighted by atomic mass is 16.5. The van der Waals surface area contributed by atoms with Crippen molar-refractivity contribution in [3.05, 3.63) is 58.4 Å². The topological polar surface area (TPSA) is 72.0 Å². The second-order valence-electron chi connectivity index (χ2n) is 8.40. The van der Waals surface area contributed by atoms with E-state index in [9.17, 15) is 9.59 Å². The minimum Gasteiger partial charge on any atom is -0.496 e. The van der Waals surface area contributed by atoms with Gasteiger partial charge in [0, 0.05) is 37.4 Å². The Hall–Kier alpha value is -2.93. The number of ether oxygens (including phenoxy) is 2. The highest BCUT2D eigenvalue weighted by Gasteiger charge is 2.47. The van der Waals surface area contributed by atoms with Crippen molar-refractivity contribution in [3.8, 4) is 5.75 Å². The standard InChI is InChI=1S/C24H29N3O4/c1-14-15(2)22(30-4)9-7-20(14)16(3)26-12-19-10-18(26)13-27(19)23(28)17-6-8-21(25-11-17)24(29)31-5/h6-9,11,16,18-19H,10,12-13H2,1-5H3/t16-,18+,19+/m0/s1. The molecule has 3 atom stereocenters. The third-order valence-electron chi connectivity index (χ3n) is 6.90. The van der Waals surface area contributed by atoms with Crippen molar-refractivity contribution in [2.75, 3.05) is 27.3 Å². The number of likely N-dealkylation sites (tertiary alicyclic amines) is 2. The number of rotatable bonds is 5. The number of aromatic nitrogens is 1. The van der Waals surface area contributed by atoms with Crippen LogP contribution in [0.25, 0.3) is 0 Å². The van der Waals surface area contributed by atoms with Gasteiger partial charge in [-0.1, -0.05) is 6.07 Å². The lowest BCUT2D eigenvalue weighted by molar-refractivity contribution is 0.0563. The van der Waals surface area contributed by atoms with E-state index in [1.807, 2.05) is 11.0 Å². The van der Waals surface area contributed by atoms with Crippen LogP contribution in [0, 0.1) is 13.8 Å². The number of amides is 1. The van der Waals surface area contributed by atoms with Crippen molar-refractivity contribution < 1.29 is 19.1 Å². The van der Waals surface area contributed by atoms with E-state index in [2.05, 4.69) is 41.5 Å². The highest BCUT2D eigenvalue weighted by Crippen LogP contribution is 2.39. The van der Waals surface area contributed by atoms with E-state index in [1.165, 1.54) is 36.1 Å². The van der Waals surface area contributed by atoms with Gasteiger partial charge in [-0.15, -0.1) is 0 Å². The predicted octanol–water partition coefficient (Wildman–Crippen LogP) is 3.15. The van der Waals surface area contributed by atoms with Crippen LogP contribution in [0.5, 0.6) is 5.75 Å². The first-order chi connectivity index (χ1) is 14.8. The largest absolute Gasteiger partial charge is 0.496 e. The van der Waals surface area contributed by atoms with E-state index in [-0.39, 0.29) is 23.7 Å². The molecule has 0 radical (unpaired) electrons. The molecule has 0 spiro atoms. The normalized spacial score (nSPS) is 21.3. The molecule has 1 aromatic carbocycles. The van der Waals surface area contributed by atoms with Crippen LogP contribution in [0.2, 0.25) is 0 Å². The van der Waals surface area contributed by atoms with Gasteiger partial charge in [0.05, 0.1) is 19.8 Å². The second-order valence-corrected chi connectivity index (χ2v) is 8.40. The van der Waals surface area contributed by atoms with Crippen molar-refractivity contribution in [3.63, 3.8) is 0 Å². The maximum Gasteiger partial charge on any atom is 0.356 e. The third-order valence-corrected chi connectivity index (χ3v) is 6.90. The number of fused-ring (bicyclic) bond motifs is 2. The molecule has 2 aliphatic heterocycles. The lowest BCUT2D eigenvalue weighted by atomic mass is 9.96. The number of piperazine rings is 1. The molecule has 0 N–H and O–H groups in total. The summed E-state index contributed by atoms with van der Waals surface area (Å²) >= 11 is 0. The third kappa shape index (κ3) is 3.67. The molecule has 2 saturated heterocycles. The smallest absolute Gasteiger partial charge is 0.356 e. The summed E-state index contributed by atoms with van der Waals surface area (Å²) in [5.74, 6) is 0.383. The highest BCUT2D eigenvalue weighted by molar-refractivity contribution is 5.95. The minimum atomic E-state index is -0.507. The fourth-order valence-corrected chi connectivity index (χ4v) is 5.00. The Labute approximate surface area is 183 Å². The van der Waals surface area contributed by atoms with E-state index in [0.717, 1.165) is 18.7 Å². The molecule has 2 bridgehead atoms. The number of pyridine rings is 1. The fraction of sp³-hybridized carbons (Fsp3) is 0.458. The van der Waals surface area contributed by atoms with Crippen molar-refractivity contribution in [2.45, 2.75) is 45.3 Å². The van der Waals surface area contributed by atoms with Crippen molar-refractivity contribution in [1.82, 2.24) is 14.8 Å². The molecule has 31 heavy (non-hydrogen) atoms. The van der Waals surface area contributed by atoms with Gasteiger partial charge in [-0.3, -0.25) is 9.69 Å². The summed E-state index contributed by atoms with van der Waals surface area (Å²) in [5.41, 5.74) is 4.45. The zero-order chi connectivity index (χ0) is 22.3. The van der Waals surface area contributed by atoms with Crippen LogP contribution < -0.4 is 4.74 Å². The van der Waals surface area contributed by atoms with Crippen LogP contribution in [0.1, 0.15) is 56.9 Å². The van der Waals surface area contributed by atoms with Crippen LogP contribution in [0.4, 0.5) is 0 Å². The number of carbonyl (C=O) groups excluding carboxylic acids is 2. The molecule has 4 rings (SSSR count). The Kier molecular flexibility index (Phi) is 5.71. The van der Waals surface area contributed by atoms with Gasteiger partial charge in [-0.05, 0) is 62.1 Å². The number of carbonyl (C=O) groups is 2. The number of benzene rings is 1. The number of hydrogen-bond donors (Lipinski definition) is 0. The maximum atomic E-state index is 13.0. The fourth-order valence-electron chi connectivity index (χ4n) is 5.00. The molecule has 0 unspecified atom stereocenters. The van der Waals surface area contributed by atoms with E-state index in [4.69, 9.17) is 4.74 Å². The first kappa shape index (κ1) is 21.3. The van der Waals surface area contributed by atoms with E-state index < -0.39 is 5.97 Å². The van der Waals surface area contributed by atoms with E-state index >= 15 is 0 Å². The summed E-state index contributed by atoms with van der Waals surface area (Å²) in [7, 11) is 3.01. The van der Waals surface area contributed by atoms with E-state index in [1.54, 1.807) is 13.2 Å². The lowest BCUT2D eigenvalue weighted by Gasteiger charge is -2.38. The predicted molar refractivity (Wildman–Crippen MR) is 116 cm³/mol. The Morgan fingerprint density at radius 1 is 1.06 bits per heavy atom. The van der Waals surface area contributed by atoms with Crippen LogP contribution in [0.15, 0.2) is 30.5 Å². The molecule has 0 aliphatic carbocycles. The molecule has 1 amide bonds. The van der Waals surface area contributed by atoms with Crippen molar-refractivity contribution in [1.29, 1.82) is 0 Å². The summed E-state index contributed by atoms with van der Waals surface area (Å²) in [4.78, 5) is 33.1. The van der Waals surface area contributed by atoms with Crippen LogP contribution in [-0.2, 0) is 4.74 Å². The average molecular weight is 424 g/mol. The quantitative estimate of drug-likeness (QED) is 0.688. The average Bonchev–Trinajstić information content (AvgIpc) is 3.40. The molecule has 7 heteroatoms. The number of esters is 1. The molecule has 2 aromatic rings. The van der Waals surface area contributed by atoms with Gasteiger partial charge in [0.2, 0.25) is 0 Å². The first-order valence-electron chi connectivity index (χ1n) is 10.6. The minimum absolute atomic E-state index is 0.0276. The summed E-state index contributed by atoms with van der Waals surface area (Å²) in [6.07, 6.45) is 2.45. The molecule has 3 heterocycles. The monoisotopic (exact) mass is 423 g/mol. The molecule has 164 valence electrons. The number of methoxy groups -OCH3 is 2. The molecule has 1 aromatic heterocycles. The summed E-state index contributed by atoms with van der Waals surface area (Å²) in [6, 6.07) is 8.21. The zero-order valence-electron chi connectivity index (χ0n) is 18.7. The lowest BCUT2D eigenvalue weighted by Crippen LogP contribution is -2.49. The molecule has 2 fully saturated rings. The van der Waals surface area contributed by atoms with Crippen molar-refractivity contribution in [2.24, 2.45) is 0 Å². The Morgan fingerprint density at radius 2 is 1.84 bits per heavy atom. The Morgan fingerprint density at radius 3 is 2.42 bits per heavy atom. The van der Waals surface area contributed by atoms with Gasteiger partial charge in [0.25, 0.3) is 5.91 Å². The number of hydrogen-bond acceptors (Lipinski definition) is 6. The van der Waals surface area contributed by atoms with Gasteiger partial charge in [0.15, 0.2) is 0 Å². The first-order valence-corrected chi connectivity index (χ1v) is 10.6. The van der Waals surface area contributed by atoms with Gasteiger partial charge < -0.3 is 14.4 Å². The number of nitrogens with zero attached hydrogens (tertiary/aromatic N) is 3. The van der Waals surface area contributed by atoms with Crippen molar-refractivity contribution >= 4 is 11.9 Å². The summed E-state index contributed by atoms with van der Waals surface area (Å²) < 4.78 is 10.1. The Balaban J connectivity index is 1.46. The van der Waals surface area contributed by atoms with Gasteiger partial charge in [0.1, 0.15) is 11.4 Å². The second kappa shape index (κ2) is 8.30. The SMILES string of the molecule is COC(=O)c1ccc(C(=O)N2C[C@H]3C[C@@H]2CN3[C@@H](C)c2ccc(OC)c(C)c2C)cn1. The van der Waals surface area contributed by atoms with Crippen LogP contribution in [-0.4, -0.2) is 66.1 Å². The van der Waals surface area contributed by atoms with Gasteiger partial charge >= 0.3 is 5.97 Å². The molecule has 0 saturated carbocycles. The van der Waals surface area contributed by atoms with E-state index in [0.29, 0.717) is 18.2 Å². The van der Waals surface area contributed by atoms with Crippen LogP contribution in [0.3, 0.4) is 0 Å². The molecular formula is C24H29N3O4. The zero-order valence-corrected chi connectivity index (χ0v) is 18.7. The molecule has 7 nitrogen and oxygen atoms in total. The molecule has 2 aliphatic rings. The summed E-state index contributed by atoms with van der Waals surface area (Å²) in [5, 5.41) is 0. The molecular weight excluding hydrogens is 394 g/mol. The van der Waals surface area contributed by atoms with Crippen LogP contribution >= 0.6 is 0 Å².